The third kappa shape index (κ3) is 4.31. The lowest BCUT2D eigenvalue weighted by atomic mass is 10.2. The molecule has 0 atom stereocenters. The number of carbonyl (C=O) groups is 2. The summed E-state index contributed by atoms with van der Waals surface area (Å²) in [5.41, 5.74) is 1.43. The molecular formula is C16H16N2O4. The Morgan fingerprint density at radius 2 is 1.86 bits per heavy atom. The minimum absolute atomic E-state index is 0.122. The minimum atomic E-state index is -0.479. The zero-order chi connectivity index (χ0) is 15.9. The quantitative estimate of drug-likeness (QED) is 0.856. The van der Waals surface area contributed by atoms with Crippen molar-refractivity contribution in [2.45, 2.75) is 6.92 Å². The lowest BCUT2D eigenvalue weighted by Crippen LogP contribution is -2.20. The van der Waals surface area contributed by atoms with Crippen LogP contribution in [0.4, 0.5) is 5.82 Å². The summed E-state index contributed by atoms with van der Waals surface area (Å²) in [6.07, 6.45) is 1.34. The van der Waals surface area contributed by atoms with E-state index in [1.54, 1.807) is 12.1 Å². The Balaban J connectivity index is 1.86. The number of hydrogen-bond donors (Lipinski definition) is 1. The summed E-state index contributed by atoms with van der Waals surface area (Å²) in [6.45, 7) is 1.85. The van der Waals surface area contributed by atoms with Crippen LogP contribution in [0.1, 0.15) is 15.9 Å². The normalized spacial score (nSPS) is 9.91. The highest BCUT2D eigenvalue weighted by Crippen LogP contribution is 2.11. The fourth-order valence-electron chi connectivity index (χ4n) is 1.67. The van der Waals surface area contributed by atoms with Crippen LogP contribution < -0.4 is 10.1 Å². The molecule has 1 amide bonds. The summed E-state index contributed by atoms with van der Waals surface area (Å²) >= 11 is 0. The van der Waals surface area contributed by atoms with E-state index < -0.39 is 5.97 Å². The Morgan fingerprint density at radius 1 is 1.14 bits per heavy atom. The number of benzene rings is 1. The van der Waals surface area contributed by atoms with E-state index in [1.807, 2.05) is 19.1 Å². The molecule has 0 aliphatic heterocycles. The highest BCUT2D eigenvalue weighted by molar-refractivity contribution is 5.92. The number of hydrogen-bond acceptors (Lipinski definition) is 5. The third-order valence-corrected chi connectivity index (χ3v) is 2.84. The lowest BCUT2D eigenvalue weighted by molar-refractivity contribution is -0.118. The number of ether oxygens (including phenoxy) is 2. The number of aryl methyl sites for hydroxylation is 1. The van der Waals surface area contributed by atoms with Gasteiger partial charge in [-0.1, -0.05) is 17.7 Å². The number of nitrogens with zero attached hydrogens (tertiary/aromatic N) is 1. The average molecular weight is 300 g/mol. The first-order valence-corrected chi connectivity index (χ1v) is 6.62. The first kappa shape index (κ1) is 15.5. The number of anilines is 1. The molecule has 0 radical (unpaired) electrons. The molecule has 2 aromatic rings. The molecule has 22 heavy (non-hydrogen) atoms. The van der Waals surface area contributed by atoms with Crippen LogP contribution in [0.2, 0.25) is 0 Å². The average Bonchev–Trinajstić information content (AvgIpc) is 2.54. The fourth-order valence-corrected chi connectivity index (χ4v) is 1.67. The van der Waals surface area contributed by atoms with Gasteiger partial charge in [-0.3, -0.25) is 4.79 Å². The standard InChI is InChI=1S/C16H16N2O4/c1-11-3-6-13(7-4-11)22-10-15(19)18-14-8-5-12(9-17-14)16(20)21-2/h3-9H,10H2,1-2H3,(H,17,18,19). The van der Waals surface area contributed by atoms with E-state index in [-0.39, 0.29) is 12.5 Å². The highest BCUT2D eigenvalue weighted by Gasteiger charge is 2.08. The van der Waals surface area contributed by atoms with E-state index in [4.69, 9.17) is 4.74 Å². The van der Waals surface area contributed by atoms with Crippen LogP contribution in [-0.2, 0) is 9.53 Å². The van der Waals surface area contributed by atoms with Crippen molar-refractivity contribution in [3.63, 3.8) is 0 Å². The van der Waals surface area contributed by atoms with Gasteiger partial charge in [0.25, 0.3) is 5.91 Å². The zero-order valence-electron chi connectivity index (χ0n) is 12.3. The molecule has 0 saturated heterocycles. The summed E-state index contributed by atoms with van der Waals surface area (Å²) in [5.74, 6) is 0.145. The first-order valence-electron chi connectivity index (χ1n) is 6.62. The van der Waals surface area contributed by atoms with Crippen molar-refractivity contribution < 1.29 is 19.1 Å². The van der Waals surface area contributed by atoms with E-state index in [0.29, 0.717) is 17.1 Å². The van der Waals surface area contributed by atoms with Crippen molar-refractivity contribution in [2.75, 3.05) is 19.0 Å². The molecule has 0 aliphatic rings. The number of pyridine rings is 1. The van der Waals surface area contributed by atoms with Gasteiger partial charge in [0.05, 0.1) is 12.7 Å². The summed E-state index contributed by atoms with van der Waals surface area (Å²) < 4.78 is 9.93. The Kier molecular flexibility index (Phi) is 5.08. The molecule has 1 aromatic heterocycles. The molecule has 2 rings (SSSR count). The maximum Gasteiger partial charge on any atom is 0.339 e. The third-order valence-electron chi connectivity index (χ3n) is 2.84. The van der Waals surface area contributed by atoms with Crippen molar-refractivity contribution in [1.29, 1.82) is 0 Å². The molecule has 0 spiro atoms. The van der Waals surface area contributed by atoms with E-state index in [0.717, 1.165) is 5.56 Å². The molecule has 0 unspecified atom stereocenters. The summed E-state index contributed by atoms with van der Waals surface area (Å²) in [6, 6.07) is 10.4. The van der Waals surface area contributed by atoms with Gasteiger partial charge in [0.1, 0.15) is 11.6 Å². The smallest absolute Gasteiger partial charge is 0.339 e. The number of aromatic nitrogens is 1. The fraction of sp³-hybridized carbons (Fsp3) is 0.188. The first-order chi connectivity index (χ1) is 10.6. The molecule has 1 N–H and O–H groups in total. The molecule has 0 bridgehead atoms. The number of methoxy groups -OCH3 is 1. The maximum absolute atomic E-state index is 11.8. The van der Waals surface area contributed by atoms with Gasteiger partial charge in [-0.2, -0.15) is 0 Å². The van der Waals surface area contributed by atoms with Crippen molar-refractivity contribution in [3.8, 4) is 5.75 Å². The highest BCUT2D eigenvalue weighted by atomic mass is 16.5. The monoisotopic (exact) mass is 300 g/mol. The molecule has 114 valence electrons. The molecule has 0 aliphatic carbocycles. The predicted octanol–water partition coefficient (Wildman–Crippen LogP) is 2.19. The molecule has 1 heterocycles. The number of esters is 1. The molecule has 6 heteroatoms. The van der Waals surface area contributed by atoms with Gasteiger partial charge in [0.15, 0.2) is 6.61 Å². The summed E-state index contributed by atoms with van der Waals surface area (Å²) in [5, 5.41) is 2.58. The maximum atomic E-state index is 11.8. The van der Waals surface area contributed by atoms with Crippen molar-refractivity contribution in [2.24, 2.45) is 0 Å². The van der Waals surface area contributed by atoms with Crippen molar-refractivity contribution in [3.05, 3.63) is 53.7 Å². The molecule has 0 fully saturated rings. The largest absolute Gasteiger partial charge is 0.484 e. The van der Waals surface area contributed by atoms with Crippen LogP contribution >= 0.6 is 0 Å². The van der Waals surface area contributed by atoms with Crippen LogP contribution in [0.3, 0.4) is 0 Å². The topological polar surface area (TPSA) is 77.5 Å². The van der Waals surface area contributed by atoms with Gasteiger partial charge in [-0.15, -0.1) is 0 Å². The summed E-state index contributed by atoms with van der Waals surface area (Å²) in [7, 11) is 1.29. The van der Waals surface area contributed by atoms with Gasteiger partial charge in [-0.25, -0.2) is 9.78 Å². The Bertz CT molecular complexity index is 651. The second kappa shape index (κ2) is 7.21. The van der Waals surface area contributed by atoms with E-state index in [9.17, 15) is 9.59 Å². The number of rotatable bonds is 5. The van der Waals surface area contributed by atoms with Crippen LogP contribution in [-0.4, -0.2) is 30.6 Å². The second-order valence-corrected chi connectivity index (χ2v) is 4.57. The van der Waals surface area contributed by atoms with Crippen LogP contribution in [0.25, 0.3) is 0 Å². The van der Waals surface area contributed by atoms with Crippen molar-refractivity contribution >= 4 is 17.7 Å². The van der Waals surface area contributed by atoms with Gasteiger partial charge in [0, 0.05) is 6.20 Å². The van der Waals surface area contributed by atoms with Crippen molar-refractivity contribution in [1.82, 2.24) is 4.98 Å². The molecule has 0 saturated carbocycles. The van der Waals surface area contributed by atoms with Gasteiger partial charge >= 0.3 is 5.97 Å². The predicted molar refractivity (Wildman–Crippen MR) is 80.9 cm³/mol. The van der Waals surface area contributed by atoms with E-state index >= 15 is 0 Å². The number of amides is 1. The van der Waals surface area contributed by atoms with E-state index in [2.05, 4.69) is 15.0 Å². The zero-order valence-corrected chi connectivity index (χ0v) is 12.3. The Labute approximate surface area is 128 Å². The number of carbonyl (C=O) groups excluding carboxylic acids is 2. The van der Waals surface area contributed by atoms with Crippen LogP contribution in [0.5, 0.6) is 5.75 Å². The van der Waals surface area contributed by atoms with Gasteiger partial charge in [-0.05, 0) is 31.2 Å². The van der Waals surface area contributed by atoms with E-state index in [1.165, 1.54) is 25.4 Å². The SMILES string of the molecule is COC(=O)c1ccc(NC(=O)COc2ccc(C)cc2)nc1. The van der Waals surface area contributed by atoms with Gasteiger partial charge in [0.2, 0.25) is 0 Å². The lowest BCUT2D eigenvalue weighted by Gasteiger charge is -2.07. The van der Waals surface area contributed by atoms with Gasteiger partial charge < -0.3 is 14.8 Å². The molecular weight excluding hydrogens is 284 g/mol. The minimum Gasteiger partial charge on any atom is -0.484 e. The Morgan fingerprint density at radius 3 is 2.45 bits per heavy atom. The number of nitrogens with one attached hydrogen (secondary N) is 1. The Hall–Kier alpha value is -2.89. The summed E-state index contributed by atoms with van der Waals surface area (Å²) in [4.78, 5) is 27.0. The second-order valence-electron chi connectivity index (χ2n) is 4.57. The molecule has 6 nitrogen and oxygen atoms in total. The van der Waals surface area contributed by atoms with Crippen LogP contribution in [0.15, 0.2) is 42.6 Å². The van der Waals surface area contributed by atoms with Crippen LogP contribution in [0, 0.1) is 6.92 Å². The molecule has 1 aromatic carbocycles.